The zero-order valence-corrected chi connectivity index (χ0v) is 13.7. The summed E-state index contributed by atoms with van der Waals surface area (Å²) < 4.78 is 5.50. The molecular formula is C14H17N3O2S2. The summed E-state index contributed by atoms with van der Waals surface area (Å²) in [6, 6.07) is -0.203. The quantitative estimate of drug-likeness (QED) is 0.810. The van der Waals surface area contributed by atoms with Crippen molar-refractivity contribution in [1.29, 1.82) is 0 Å². The van der Waals surface area contributed by atoms with Crippen molar-refractivity contribution < 1.29 is 9.53 Å². The number of aryl methyl sites for hydroxylation is 2. The Bertz CT molecular complexity index is 624. The predicted octanol–water partition coefficient (Wildman–Crippen LogP) is 2.93. The van der Waals surface area contributed by atoms with Gasteiger partial charge in [0.1, 0.15) is 12.6 Å². The number of aromatic nitrogens is 2. The van der Waals surface area contributed by atoms with Crippen LogP contribution in [0.15, 0.2) is 11.6 Å². The van der Waals surface area contributed by atoms with E-state index in [9.17, 15) is 4.79 Å². The molecule has 3 rings (SSSR count). The smallest absolute Gasteiger partial charge is 0.329 e. The number of anilines is 1. The maximum atomic E-state index is 12.3. The third-order valence-electron chi connectivity index (χ3n) is 3.53. The predicted molar refractivity (Wildman–Crippen MR) is 83.9 cm³/mol. The van der Waals surface area contributed by atoms with E-state index in [-0.39, 0.29) is 12.0 Å². The molecule has 7 heteroatoms. The van der Waals surface area contributed by atoms with Gasteiger partial charge < -0.3 is 9.64 Å². The zero-order valence-electron chi connectivity index (χ0n) is 12.0. The Kier molecular flexibility index (Phi) is 4.21. The van der Waals surface area contributed by atoms with E-state index >= 15 is 0 Å². The Morgan fingerprint density at radius 2 is 2.38 bits per heavy atom. The van der Waals surface area contributed by atoms with E-state index in [4.69, 9.17) is 4.74 Å². The Morgan fingerprint density at radius 3 is 3.05 bits per heavy atom. The van der Waals surface area contributed by atoms with E-state index in [0.717, 1.165) is 40.1 Å². The second kappa shape index (κ2) is 6.11. The Hall–Kier alpha value is -1.47. The number of ether oxygens (including phenoxy) is 1. The van der Waals surface area contributed by atoms with Crippen molar-refractivity contribution in [3.63, 3.8) is 0 Å². The minimum atomic E-state index is -0.203. The lowest BCUT2D eigenvalue weighted by Crippen LogP contribution is -2.37. The number of carbonyl (C=O) groups is 1. The molecule has 2 aromatic rings. The van der Waals surface area contributed by atoms with Crippen molar-refractivity contribution in [3.05, 3.63) is 27.2 Å². The molecule has 0 N–H and O–H groups in total. The van der Waals surface area contributed by atoms with E-state index < -0.39 is 0 Å². The lowest BCUT2D eigenvalue weighted by molar-refractivity contribution is -0.146. The molecule has 1 atom stereocenters. The largest absolute Gasteiger partial charge is 0.458 e. The maximum Gasteiger partial charge on any atom is 0.329 e. The van der Waals surface area contributed by atoms with E-state index in [2.05, 4.69) is 14.9 Å². The van der Waals surface area contributed by atoms with Crippen LogP contribution in [0.5, 0.6) is 0 Å². The SMILES string of the molecule is Cc1nc(C)c(COC(=O)[C@@H]2CCCN2c2nccs2)s1. The van der Waals surface area contributed by atoms with E-state index in [0.29, 0.717) is 6.61 Å². The first-order valence-electron chi connectivity index (χ1n) is 6.91. The fourth-order valence-corrected chi connectivity index (χ4v) is 4.11. The second-order valence-corrected chi connectivity index (χ2v) is 7.18. The molecule has 1 aliphatic heterocycles. The van der Waals surface area contributed by atoms with Crippen LogP contribution in [-0.2, 0) is 16.1 Å². The van der Waals surface area contributed by atoms with Gasteiger partial charge in [0.25, 0.3) is 0 Å². The zero-order chi connectivity index (χ0) is 14.8. The van der Waals surface area contributed by atoms with E-state index in [1.54, 1.807) is 28.9 Å². The summed E-state index contributed by atoms with van der Waals surface area (Å²) in [6.45, 7) is 5.10. The summed E-state index contributed by atoms with van der Waals surface area (Å²) in [5.41, 5.74) is 0.952. The minimum absolute atomic E-state index is 0.159. The highest BCUT2D eigenvalue weighted by Gasteiger charge is 2.33. The Morgan fingerprint density at radius 1 is 1.52 bits per heavy atom. The molecule has 1 aliphatic rings. The second-order valence-electron chi connectivity index (χ2n) is 5.02. The van der Waals surface area contributed by atoms with Gasteiger partial charge in [-0.2, -0.15) is 0 Å². The number of nitrogens with zero attached hydrogens (tertiary/aromatic N) is 3. The van der Waals surface area contributed by atoms with Gasteiger partial charge in [-0.3, -0.25) is 0 Å². The first-order chi connectivity index (χ1) is 10.1. The summed E-state index contributed by atoms with van der Waals surface area (Å²) in [5, 5.41) is 3.84. The van der Waals surface area contributed by atoms with Crippen molar-refractivity contribution in [3.8, 4) is 0 Å². The van der Waals surface area contributed by atoms with Crippen LogP contribution >= 0.6 is 22.7 Å². The van der Waals surface area contributed by atoms with Crippen molar-refractivity contribution in [2.75, 3.05) is 11.4 Å². The number of thiazole rings is 2. The summed E-state index contributed by atoms with van der Waals surface area (Å²) in [7, 11) is 0. The number of esters is 1. The standard InChI is InChI=1S/C14H17N3O2S2/c1-9-12(21-10(2)16-9)8-19-13(18)11-4-3-6-17(11)14-15-5-7-20-14/h5,7,11H,3-4,6,8H2,1-2H3/t11-/m0/s1. The first-order valence-corrected chi connectivity index (χ1v) is 8.60. The molecule has 1 saturated heterocycles. The number of hydrogen-bond donors (Lipinski definition) is 0. The van der Waals surface area contributed by atoms with Gasteiger partial charge in [-0.1, -0.05) is 0 Å². The van der Waals surface area contributed by atoms with Gasteiger partial charge in [0.15, 0.2) is 5.13 Å². The van der Waals surface area contributed by atoms with Crippen molar-refractivity contribution in [2.24, 2.45) is 0 Å². The minimum Gasteiger partial charge on any atom is -0.458 e. The third kappa shape index (κ3) is 3.08. The molecule has 3 heterocycles. The van der Waals surface area contributed by atoms with Crippen LogP contribution in [0.1, 0.15) is 28.4 Å². The molecule has 0 unspecified atom stereocenters. The molecule has 0 radical (unpaired) electrons. The highest BCUT2D eigenvalue weighted by molar-refractivity contribution is 7.13. The topological polar surface area (TPSA) is 55.3 Å². The van der Waals surface area contributed by atoms with Crippen LogP contribution in [-0.4, -0.2) is 28.5 Å². The van der Waals surface area contributed by atoms with Crippen LogP contribution in [0.25, 0.3) is 0 Å². The normalized spacial score (nSPS) is 18.2. The van der Waals surface area contributed by atoms with Crippen molar-refractivity contribution >= 4 is 33.8 Å². The molecule has 1 fully saturated rings. The van der Waals surface area contributed by atoms with Crippen LogP contribution in [0.4, 0.5) is 5.13 Å². The van der Waals surface area contributed by atoms with Gasteiger partial charge in [-0.25, -0.2) is 14.8 Å². The van der Waals surface area contributed by atoms with Crippen molar-refractivity contribution in [2.45, 2.75) is 39.3 Å². The summed E-state index contributed by atoms with van der Waals surface area (Å²) in [6.07, 6.45) is 3.60. The number of hydrogen-bond acceptors (Lipinski definition) is 7. The molecule has 21 heavy (non-hydrogen) atoms. The number of rotatable bonds is 4. The van der Waals surface area contributed by atoms with E-state index in [1.807, 2.05) is 19.2 Å². The van der Waals surface area contributed by atoms with Crippen LogP contribution < -0.4 is 4.90 Å². The van der Waals surface area contributed by atoms with Gasteiger partial charge in [-0.05, 0) is 26.7 Å². The molecule has 5 nitrogen and oxygen atoms in total. The Labute approximate surface area is 131 Å². The average molecular weight is 323 g/mol. The average Bonchev–Trinajstić information content (AvgIpc) is 3.16. The summed E-state index contributed by atoms with van der Waals surface area (Å²) in [5.74, 6) is -0.159. The highest BCUT2D eigenvalue weighted by atomic mass is 32.1. The summed E-state index contributed by atoms with van der Waals surface area (Å²) >= 11 is 3.15. The van der Waals surface area contributed by atoms with Gasteiger partial charge >= 0.3 is 5.97 Å². The Balaban J connectivity index is 1.63. The molecular weight excluding hydrogens is 306 g/mol. The van der Waals surface area contributed by atoms with Crippen LogP contribution in [0.2, 0.25) is 0 Å². The van der Waals surface area contributed by atoms with Gasteiger partial charge in [0.2, 0.25) is 0 Å². The molecule has 0 aliphatic carbocycles. The lowest BCUT2D eigenvalue weighted by atomic mass is 10.2. The van der Waals surface area contributed by atoms with Gasteiger partial charge in [0.05, 0.1) is 15.6 Å². The molecule has 2 aromatic heterocycles. The third-order valence-corrected chi connectivity index (χ3v) is 5.39. The van der Waals surface area contributed by atoms with Crippen molar-refractivity contribution in [1.82, 2.24) is 9.97 Å². The van der Waals surface area contributed by atoms with E-state index in [1.165, 1.54) is 0 Å². The van der Waals surface area contributed by atoms with Gasteiger partial charge in [0, 0.05) is 18.1 Å². The molecule has 0 aromatic carbocycles. The molecule has 0 spiro atoms. The highest BCUT2D eigenvalue weighted by Crippen LogP contribution is 2.28. The van der Waals surface area contributed by atoms with Crippen LogP contribution in [0, 0.1) is 13.8 Å². The molecule has 112 valence electrons. The molecule has 0 amide bonds. The lowest BCUT2D eigenvalue weighted by Gasteiger charge is -2.22. The monoisotopic (exact) mass is 323 g/mol. The fourth-order valence-electron chi connectivity index (χ4n) is 2.54. The fraction of sp³-hybridized carbons (Fsp3) is 0.500. The molecule has 0 saturated carbocycles. The van der Waals surface area contributed by atoms with Crippen LogP contribution in [0.3, 0.4) is 0 Å². The van der Waals surface area contributed by atoms with Gasteiger partial charge in [-0.15, -0.1) is 22.7 Å². The summed E-state index contributed by atoms with van der Waals surface area (Å²) in [4.78, 5) is 24.1. The first kappa shape index (κ1) is 14.5. The maximum absolute atomic E-state index is 12.3. The number of carbonyl (C=O) groups excluding carboxylic acids is 1. The molecule has 0 bridgehead atoms.